The molecule has 0 atom stereocenters. The molecule has 0 saturated heterocycles. The van der Waals surface area contributed by atoms with Crippen LogP contribution in [-0.4, -0.2) is 29.2 Å². The minimum Gasteiger partial charge on any atom is -0.488 e. The molecule has 0 bridgehead atoms. The van der Waals surface area contributed by atoms with Gasteiger partial charge in [0.05, 0.1) is 11.9 Å². The van der Waals surface area contributed by atoms with Gasteiger partial charge in [0.15, 0.2) is 5.75 Å². The zero-order valence-electron chi connectivity index (χ0n) is 6.78. The van der Waals surface area contributed by atoms with Gasteiger partial charge in [-0.3, -0.25) is 4.98 Å². The van der Waals surface area contributed by atoms with Crippen LogP contribution in [0.2, 0.25) is 0 Å². The van der Waals surface area contributed by atoms with Gasteiger partial charge in [-0.15, -0.1) is 0 Å². The van der Waals surface area contributed by atoms with Gasteiger partial charge in [0, 0.05) is 12.7 Å². The Bertz CT molecular complexity index is 351. The molecule has 2 N–H and O–H groups in total. The molecule has 0 fully saturated rings. The largest absolute Gasteiger partial charge is 0.488 e. The number of carboxylic acids is 1. The number of ether oxygens (including phenoxy) is 1. The number of anilines is 1. The number of carbonyl (C=O) groups is 1. The number of aromatic nitrogens is 1. The number of nitrogens with zero attached hydrogens (tertiary/aromatic N) is 1. The average Bonchev–Trinajstić information content (AvgIpc) is 2.17. The Morgan fingerprint density at radius 2 is 2.46 bits per heavy atom. The highest BCUT2D eigenvalue weighted by Gasteiger charge is 2.18. The van der Waals surface area contributed by atoms with Crippen molar-refractivity contribution in [2.75, 3.05) is 18.5 Å². The second-order valence-electron chi connectivity index (χ2n) is 2.64. The molecule has 0 saturated carbocycles. The smallest absolute Gasteiger partial charge is 0.339 e. The summed E-state index contributed by atoms with van der Waals surface area (Å²) in [6.45, 7) is 1.16. The molecule has 0 radical (unpaired) electrons. The van der Waals surface area contributed by atoms with Gasteiger partial charge in [-0.1, -0.05) is 0 Å². The van der Waals surface area contributed by atoms with E-state index in [1.54, 1.807) is 0 Å². The summed E-state index contributed by atoms with van der Waals surface area (Å²) in [6, 6.07) is 0. The lowest BCUT2D eigenvalue weighted by Crippen LogP contribution is -2.20. The van der Waals surface area contributed by atoms with E-state index in [-0.39, 0.29) is 5.56 Å². The van der Waals surface area contributed by atoms with Crippen LogP contribution >= 0.6 is 0 Å². The molecule has 1 aliphatic rings. The van der Waals surface area contributed by atoms with Crippen molar-refractivity contribution >= 4 is 11.7 Å². The molecule has 0 amide bonds. The monoisotopic (exact) mass is 180 g/mol. The Labute approximate surface area is 74.4 Å². The van der Waals surface area contributed by atoms with Crippen molar-refractivity contribution in [3.8, 4) is 5.75 Å². The van der Waals surface area contributed by atoms with E-state index in [4.69, 9.17) is 9.84 Å². The summed E-state index contributed by atoms with van der Waals surface area (Å²) in [6.07, 6.45) is 2.82. The Morgan fingerprint density at radius 1 is 1.62 bits per heavy atom. The normalized spacial score (nSPS) is 13.8. The first-order valence-corrected chi connectivity index (χ1v) is 3.87. The SMILES string of the molecule is O=C(O)c1cncc2c1NCCO2. The van der Waals surface area contributed by atoms with Crippen molar-refractivity contribution in [3.63, 3.8) is 0 Å². The number of carboxylic acid groups (broad SMARTS) is 1. The van der Waals surface area contributed by atoms with Crippen molar-refractivity contribution in [2.24, 2.45) is 0 Å². The van der Waals surface area contributed by atoms with Gasteiger partial charge < -0.3 is 15.2 Å². The molecule has 0 aromatic carbocycles. The van der Waals surface area contributed by atoms with Crippen molar-refractivity contribution in [2.45, 2.75) is 0 Å². The fraction of sp³-hybridized carbons (Fsp3) is 0.250. The van der Waals surface area contributed by atoms with Gasteiger partial charge in [0.2, 0.25) is 0 Å². The number of hydrogen-bond acceptors (Lipinski definition) is 4. The molecule has 5 nitrogen and oxygen atoms in total. The maximum absolute atomic E-state index is 10.7. The van der Waals surface area contributed by atoms with Crippen LogP contribution in [0.3, 0.4) is 0 Å². The molecule has 68 valence electrons. The van der Waals surface area contributed by atoms with E-state index in [0.717, 1.165) is 0 Å². The lowest BCUT2D eigenvalue weighted by molar-refractivity contribution is 0.0696. The molecule has 1 aromatic heterocycles. The quantitative estimate of drug-likeness (QED) is 0.661. The minimum absolute atomic E-state index is 0.150. The molecule has 0 spiro atoms. The lowest BCUT2D eigenvalue weighted by Gasteiger charge is -2.19. The molecule has 1 aliphatic heterocycles. The van der Waals surface area contributed by atoms with Crippen LogP contribution in [0, 0.1) is 0 Å². The van der Waals surface area contributed by atoms with E-state index in [9.17, 15) is 4.79 Å². The zero-order valence-corrected chi connectivity index (χ0v) is 6.78. The molecular formula is C8H8N2O3. The number of hydrogen-bond donors (Lipinski definition) is 2. The van der Waals surface area contributed by atoms with E-state index < -0.39 is 5.97 Å². The fourth-order valence-electron chi connectivity index (χ4n) is 1.23. The van der Waals surface area contributed by atoms with Crippen LogP contribution in [0.15, 0.2) is 12.4 Å². The van der Waals surface area contributed by atoms with Crippen molar-refractivity contribution < 1.29 is 14.6 Å². The van der Waals surface area contributed by atoms with Crippen LogP contribution in [0.1, 0.15) is 10.4 Å². The summed E-state index contributed by atoms with van der Waals surface area (Å²) in [5.74, 6) is -0.492. The number of aromatic carboxylic acids is 1. The van der Waals surface area contributed by atoms with Crippen LogP contribution in [0.4, 0.5) is 5.69 Å². The van der Waals surface area contributed by atoms with E-state index in [1.807, 2.05) is 0 Å². The van der Waals surface area contributed by atoms with Gasteiger partial charge in [-0.2, -0.15) is 0 Å². The highest BCUT2D eigenvalue weighted by Crippen LogP contribution is 2.29. The number of rotatable bonds is 1. The highest BCUT2D eigenvalue weighted by molar-refractivity contribution is 5.95. The predicted molar refractivity (Wildman–Crippen MR) is 45.2 cm³/mol. The predicted octanol–water partition coefficient (Wildman–Crippen LogP) is 0.584. The molecule has 5 heteroatoms. The van der Waals surface area contributed by atoms with Crippen LogP contribution in [-0.2, 0) is 0 Å². The summed E-state index contributed by atoms with van der Waals surface area (Å²) < 4.78 is 5.23. The van der Waals surface area contributed by atoms with E-state index in [0.29, 0.717) is 24.6 Å². The number of pyridine rings is 1. The van der Waals surface area contributed by atoms with Crippen LogP contribution in [0.25, 0.3) is 0 Å². The molecule has 2 rings (SSSR count). The molecule has 13 heavy (non-hydrogen) atoms. The van der Waals surface area contributed by atoms with Gasteiger partial charge in [0.1, 0.15) is 12.2 Å². The van der Waals surface area contributed by atoms with Crippen molar-refractivity contribution in [1.29, 1.82) is 0 Å². The van der Waals surface area contributed by atoms with Gasteiger partial charge in [-0.05, 0) is 0 Å². The fourth-order valence-corrected chi connectivity index (χ4v) is 1.23. The number of fused-ring (bicyclic) bond motifs is 1. The third kappa shape index (κ3) is 1.28. The Balaban J connectivity index is 2.52. The van der Waals surface area contributed by atoms with Gasteiger partial charge in [0.25, 0.3) is 0 Å². The molecule has 1 aromatic rings. The van der Waals surface area contributed by atoms with Gasteiger partial charge >= 0.3 is 5.97 Å². The molecule has 0 aliphatic carbocycles. The zero-order chi connectivity index (χ0) is 9.26. The minimum atomic E-state index is -0.998. The Morgan fingerprint density at radius 3 is 3.23 bits per heavy atom. The van der Waals surface area contributed by atoms with Crippen molar-refractivity contribution in [1.82, 2.24) is 4.98 Å². The van der Waals surface area contributed by atoms with Gasteiger partial charge in [-0.25, -0.2) is 4.79 Å². The Hall–Kier alpha value is -1.78. The van der Waals surface area contributed by atoms with E-state index >= 15 is 0 Å². The average molecular weight is 180 g/mol. The lowest BCUT2D eigenvalue weighted by atomic mass is 10.2. The molecule has 0 unspecified atom stereocenters. The highest BCUT2D eigenvalue weighted by atomic mass is 16.5. The second kappa shape index (κ2) is 2.93. The van der Waals surface area contributed by atoms with E-state index in [1.165, 1.54) is 12.4 Å². The van der Waals surface area contributed by atoms with E-state index in [2.05, 4.69) is 10.3 Å². The maximum atomic E-state index is 10.7. The topological polar surface area (TPSA) is 71.5 Å². The summed E-state index contributed by atoms with van der Waals surface area (Å²) in [4.78, 5) is 14.5. The summed E-state index contributed by atoms with van der Waals surface area (Å²) >= 11 is 0. The summed E-state index contributed by atoms with van der Waals surface area (Å²) in [5, 5.41) is 11.8. The Kier molecular flexibility index (Phi) is 1.77. The second-order valence-corrected chi connectivity index (χ2v) is 2.64. The first-order valence-electron chi connectivity index (χ1n) is 3.87. The summed E-state index contributed by atoms with van der Waals surface area (Å²) in [5.41, 5.74) is 0.672. The van der Waals surface area contributed by atoms with Crippen molar-refractivity contribution in [3.05, 3.63) is 18.0 Å². The maximum Gasteiger partial charge on any atom is 0.339 e. The molecule has 2 heterocycles. The summed E-state index contributed by atoms with van der Waals surface area (Å²) in [7, 11) is 0. The third-order valence-corrected chi connectivity index (χ3v) is 1.80. The first-order chi connectivity index (χ1) is 6.29. The van der Waals surface area contributed by atoms with Crippen LogP contribution < -0.4 is 10.1 Å². The first kappa shape index (κ1) is 7.85. The van der Waals surface area contributed by atoms with Crippen LogP contribution in [0.5, 0.6) is 5.75 Å². The molecular weight excluding hydrogens is 172 g/mol. The third-order valence-electron chi connectivity index (χ3n) is 1.80. The number of nitrogens with one attached hydrogen (secondary N) is 1. The standard InChI is InChI=1S/C8H8N2O3/c11-8(12)5-3-9-4-6-7(5)10-1-2-13-6/h3-4,10H,1-2H2,(H,11,12).